The Hall–Kier alpha value is -3.29. The lowest BCUT2D eigenvalue weighted by Gasteiger charge is -2.04. The van der Waals surface area contributed by atoms with Crippen molar-refractivity contribution in [2.24, 2.45) is 0 Å². The fourth-order valence-corrected chi connectivity index (χ4v) is 1.84. The lowest BCUT2D eigenvalue weighted by molar-refractivity contribution is 0.0944. The number of carbonyl (C=O) groups is 1. The van der Waals surface area contributed by atoms with Gasteiger partial charge >= 0.3 is 0 Å². The molecule has 3 aromatic heterocycles. The Bertz CT molecular complexity index is 785. The summed E-state index contributed by atoms with van der Waals surface area (Å²) < 4.78 is 4.94. The van der Waals surface area contributed by atoms with E-state index in [-0.39, 0.29) is 11.6 Å². The molecule has 2 N–H and O–H groups in total. The molecule has 1 amide bonds. The second-order valence-corrected chi connectivity index (χ2v) is 4.76. The van der Waals surface area contributed by atoms with Gasteiger partial charge in [0.25, 0.3) is 5.91 Å². The number of pyridine rings is 1. The predicted molar refractivity (Wildman–Crippen MR) is 82.0 cm³/mol. The van der Waals surface area contributed by atoms with Crippen LogP contribution >= 0.6 is 0 Å². The summed E-state index contributed by atoms with van der Waals surface area (Å²) in [6, 6.07) is 10.5. The molecule has 0 aliphatic rings. The van der Waals surface area contributed by atoms with Crippen molar-refractivity contribution in [1.82, 2.24) is 25.7 Å². The zero-order valence-electron chi connectivity index (χ0n) is 12.4. The molecule has 3 aromatic rings. The van der Waals surface area contributed by atoms with Crippen molar-refractivity contribution in [2.45, 2.75) is 13.5 Å². The first kappa shape index (κ1) is 14.6. The fraction of sp³-hybridized carbons (Fsp3) is 0.133. The smallest absolute Gasteiger partial charge is 0.272 e. The molecule has 0 aliphatic heterocycles. The second kappa shape index (κ2) is 6.65. The minimum atomic E-state index is -0.313. The van der Waals surface area contributed by atoms with Crippen molar-refractivity contribution in [3.63, 3.8) is 0 Å². The summed E-state index contributed by atoms with van der Waals surface area (Å²) in [6.45, 7) is 2.12. The summed E-state index contributed by atoms with van der Waals surface area (Å²) in [4.78, 5) is 16.1. The fourth-order valence-electron chi connectivity index (χ4n) is 1.84. The molecule has 0 atom stereocenters. The van der Waals surface area contributed by atoms with Crippen LogP contribution in [0.5, 0.6) is 0 Å². The highest BCUT2D eigenvalue weighted by Crippen LogP contribution is 2.13. The van der Waals surface area contributed by atoms with Crippen molar-refractivity contribution >= 4 is 17.5 Å². The highest BCUT2D eigenvalue weighted by atomic mass is 16.5. The van der Waals surface area contributed by atoms with Crippen LogP contribution in [0.1, 0.15) is 21.9 Å². The van der Waals surface area contributed by atoms with Crippen LogP contribution < -0.4 is 10.6 Å². The monoisotopic (exact) mass is 310 g/mol. The highest BCUT2D eigenvalue weighted by molar-refractivity contribution is 5.92. The Morgan fingerprint density at radius 1 is 1.17 bits per heavy atom. The maximum Gasteiger partial charge on any atom is 0.272 e. The van der Waals surface area contributed by atoms with Gasteiger partial charge < -0.3 is 15.2 Å². The maximum atomic E-state index is 12.0. The van der Waals surface area contributed by atoms with Gasteiger partial charge in [-0.3, -0.25) is 9.78 Å². The molecule has 0 aromatic carbocycles. The summed E-state index contributed by atoms with van der Waals surface area (Å²) in [5.41, 5.74) is 0.997. The van der Waals surface area contributed by atoms with Crippen LogP contribution in [-0.4, -0.2) is 26.2 Å². The van der Waals surface area contributed by atoms with Crippen molar-refractivity contribution < 1.29 is 9.32 Å². The number of rotatable bonds is 5. The number of nitrogens with one attached hydrogen (secondary N) is 2. The van der Waals surface area contributed by atoms with E-state index in [4.69, 9.17) is 4.52 Å². The van der Waals surface area contributed by atoms with Gasteiger partial charge in [0.15, 0.2) is 17.3 Å². The molecule has 116 valence electrons. The third-order valence-electron chi connectivity index (χ3n) is 2.94. The molecule has 3 heterocycles. The SMILES string of the molecule is Cc1cc(Nc2ccc(C(=O)NCc3ccccn3)nn2)no1. The van der Waals surface area contributed by atoms with E-state index >= 15 is 0 Å². The van der Waals surface area contributed by atoms with E-state index in [1.165, 1.54) is 0 Å². The number of aromatic nitrogens is 4. The van der Waals surface area contributed by atoms with Crippen LogP contribution in [0.25, 0.3) is 0 Å². The van der Waals surface area contributed by atoms with Crippen LogP contribution in [0, 0.1) is 6.92 Å². The first-order chi connectivity index (χ1) is 11.2. The van der Waals surface area contributed by atoms with Gasteiger partial charge in [0.05, 0.1) is 12.2 Å². The molecule has 0 aliphatic carbocycles. The summed E-state index contributed by atoms with van der Waals surface area (Å²) in [5, 5.41) is 17.3. The van der Waals surface area contributed by atoms with Crippen LogP contribution in [0.2, 0.25) is 0 Å². The molecule has 0 radical (unpaired) electrons. The van der Waals surface area contributed by atoms with Gasteiger partial charge in [-0.25, -0.2) is 0 Å². The predicted octanol–water partition coefficient (Wildman–Crippen LogP) is 1.84. The lowest BCUT2D eigenvalue weighted by atomic mass is 10.3. The molecule has 0 bridgehead atoms. The van der Waals surface area contributed by atoms with Crippen molar-refractivity contribution in [3.8, 4) is 0 Å². The molecular formula is C15H14N6O2. The average molecular weight is 310 g/mol. The zero-order valence-corrected chi connectivity index (χ0v) is 12.4. The summed E-state index contributed by atoms with van der Waals surface area (Å²) in [5.74, 6) is 1.38. The number of nitrogens with zero attached hydrogens (tertiary/aromatic N) is 4. The number of amides is 1. The molecular weight excluding hydrogens is 296 g/mol. The van der Waals surface area contributed by atoms with Crippen LogP contribution in [-0.2, 0) is 6.54 Å². The lowest BCUT2D eigenvalue weighted by Crippen LogP contribution is -2.24. The van der Waals surface area contributed by atoms with E-state index in [0.29, 0.717) is 23.9 Å². The summed E-state index contributed by atoms with van der Waals surface area (Å²) in [7, 11) is 0. The Labute approximate surface area is 131 Å². The quantitative estimate of drug-likeness (QED) is 0.740. The molecule has 8 heteroatoms. The van der Waals surface area contributed by atoms with E-state index in [9.17, 15) is 4.79 Å². The number of carbonyl (C=O) groups excluding carboxylic acids is 1. The zero-order chi connectivity index (χ0) is 16.1. The summed E-state index contributed by atoms with van der Waals surface area (Å²) >= 11 is 0. The topological polar surface area (TPSA) is 106 Å². The maximum absolute atomic E-state index is 12.0. The number of aryl methyl sites for hydroxylation is 1. The first-order valence-electron chi connectivity index (χ1n) is 6.93. The van der Waals surface area contributed by atoms with Crippen LogP contribution in [0.3, 0.4) is 0 Å². The molecule has 0 unspecified atom stereocenters. The largest absolute Gasteiger partial charge is 0.360 e. The molecule has 0 saturated carbocycles. The highest BCUT2D eigenvalue weighted by Gasteiger charge is 2.09. The Balaban J connectivity index is 1.59. The molecule has 0 saturated heterocycles. The molecule has 0 spiro atoms. The average Bonchev–Trinajstić information content (AvgIpc) is 2.99. The molecule has 8 nitrogen and oxygen atoms in total. The number of hydrogen-bond acceptors (Lipinski definition) is 7. The van der Waals surface area contributed by atoms with Gasteiger partial charge in [-0.1, -0.05) is 11.2 Å². The van der Waals surface area contributed by atoms with Crippen molar-refractivity contribution in [2.75, 3.05) is 5.32 Å². The Kier molecular flexibility index (Phi) is 4.23. The Morgan fingerprint density at radius 2 is 2.09 bits per heavy atom. The first-order valence-corrected chi connectivity index (χ1v) is 6.93. The number of hydrogen-bond donors (Lipinski definition) is 2. The summed E-state index contributed by atoms with van der Waals surface area (Å²) in [6.07, 6.45) is 1.67. The van der Waals surface area contributed by atoms with Gasteiger partial charge in [-0.2, -0.15) is 0 Å². The third-order valence-corrected chi connectivity index (χ3v) is 2.94. The van der Waals surface area contributed by atoms with E-state index in [1.807, 2.05) is 18.2 Å². The number of anilines is 2. The van der Waals surface area contributed by atoms with E-state index in [2.05, 4.69) is 31.0 Å². The van der Waals surface area contributed by atoms with E-state index in [0.717, 1.165) is 5.69 Å². The minimum absolute atomic E-state index is 0.225. The van der Waals surface area contributed by atoms with E-state index < -0.39 is 0 Å². The standard InChI is InChI=1S/C15H14N6O2/c1-10-8-14(21-23-10)18-13-6-5-12(19-20-13)15(22)17-9-11-4-2-3-7-16-11/h2-8H,9H2,1H3,(H,17,22)(H,18,20,21). The Morgan fingerprint density at radius 3 is 2.74 bits per heavy atom. The second-order valence-electron chi connectivity index (χ2n) is 4.76. The van der Waals surface area contributed by atoms with Gasteiger partial charge in [-0.15, -0.1) is 10.2 Å². The third kappa shape index (κ3) is 3.88. The van der Waals surface area contributed by atoms with Crippen molar-refractivity contribution in [3.05, 3.63) is 59.7 Å². The van der Waals surface area contributed by atoms with Gasteiger partial charge in [0.2, 0.25) is 0 Å². The molecule has 0 fully saturated rings. The van der Waals surface area contributed by atoms with Crippen LogP contribution in [0.4, 0.5) is 11.6 Å². The normalized spacial score (nSPS) is 10.3. The van der Waals surface area contributed by atoms with Gasteiger partial charge in [0, 0.05) is 12.3 Å². The minimum Gasteiger partial charge on any atom is -0.360 e. The van der Waals surface area contributed by atoms with Gasteiger partial charge in [-0.05, 0) is 31.2 Å². The molecule has 3 rings (SSSR count). The van der Waals surface area contributed by atoms with Crippen LogP contribution in [0.15, 0.2) is 47.1 Å². The van der Waals surface area contributed by atoms with Crippen molar-refractivity contribution in [1.29, 1.82) is 0 Å². The van der Waals surface area contributed by atoms with E-state index in [1.54, 1.807) is 31.3 Å². The molecule has 23 heavy (non-hydrogen) atoms. The van der Waals surface area contributed by atoms with Gasteiger partial charge in [0.1, 0.15) is 5.76 Å².